The minimum atomic E-state index is -0.193. The summed E-state index contributed by atoms with van der Waals surface area (Å²) in [5, 5.41) is 0. The molecule has 0 aromatic heterocycles. The van der Waals surface area contributed by atoms with Gasteiger partial charge in [0.15, 0.2) is 0 Å². The van der Waals surface area contributed by atoms with E-state index in [2.05, 4.69) is 10.6 Å². The van der Waals surface area contributed by atoms with Gasteiger partial charge in [0, 0.05) is 24.7 Å². The first kappa shape index (κ1) is 12.8. The molecule has 1 saturated heterocycles. The van der Waals surface area contributed by atoms with Crippen LogP contribution in [0.5, 0.6) is 0 Å². The van der Waals surface area contributed by atoms with Gasteiger partial charge in [-0.25, -0.2) is 4.79 Å². The highest BCUT2D eigenvalue weighted by Crippen LogP contribution is 2.32. The summed E-state index contributed by atoms with van der Waals surface area (Å²) in [4.78, 5) is 13.9. The monoisotopic (exact) mass is 278 g/mol. The van der Waals surface area contributed by atoms with Crippen molar-refractivity contribution in [1.82, 2.24) is 4.31 Å². The molecule has 2 aliphatic heterocycles. The van der Waals surface area contributed by atoms with Gasteiger partial charge in [-0.15, -0.1) is 0 Å². The zero-order valence-corrected chi connectivity index (χ0v) is 11.9. The molecule has 0 aliphatic carbocycles. The maximum atomic E-state index is 12.1. The van der Waals surface area contributed by atoms with Gasteiger partial charge in [-0.2, -0.15) is 0 Å². The van der Waals surface area contributed by atoms with Crippen LogP contribution in [-0.2, 0) is 11.3 Å². The standard InChI is InChI=1S/C14H18N2O2S/c1-19-15-8-6-12(7-9-15)16-13-5-3-2-4-11(13)10-18-14(16)17/h2-5,12H,6-10H2,1H3. The van der Waals surface area contributed by atoms with Crippen molar-refractivity contribution in [3.63, 3.8) is 0 Å². The first-order chi connectivity index (χ1) is 9.29. The lowest BCUT2D eigenvalue weighted by Crippen LogP contribution is -2.48. The molecule has 2 aliphatic rings. The van der Waals surface area contributed by atoms with E-state index in [9.17, 15) is 4.79 Å². The molecule has 2 heterocycles. The Morgan fingerprint density at radius 2 is 2.00 bits per heavy atom. The normalized spacial score (nSPS) is 21.1. The van der Waals surface area contributed by atoms with Gasteiger partial charge >= 0.3 is 6.09 Å². The fraction of sp³-hybridized carbons (Fsp3) is 0.500. The fourth-order valence-electron chi connectivity index (χ4n) is 2.80. The molecule has 1 fully saturated rings. The molecule has 0 unspecified atom stereocenters. The Balaban J connectivity index is 1.82. The number of nitrogens with zero attached hydrogens (tertiary/aromatic N) is 2. The van der Waals surface area contributed by atoms with Crippen LogP contribution in [0, 0.1) is 0 Å². The topological polar surface area (TPSA) is 32.8 Å². The van der Waals surface area contributed by atoms with E-state index in [-0.39, 0.29) is 12.1 Å². The van der Waals surface area contributed by atoms with Crippen LogP contribution < -0.4 is 4.90 Å². The zero-order valence-electron chi connectivity index (χ0n) is 11.0. The smallest absolute Gasteiger partial charge is 0.414 e. The number of piperidine rings is 1. The van der Waals surface area contributed by atoms with E-state index in [1.165, 1.54) is 0 Å². The number of amides is 1. The molecule has 1 aromatic rings. The lowest BCUT2D eigenvalue weighted by Gasteiger charge is -2.39. The highest BCUT2D eigenvalue weighted by atomic mass is 32.2. The predicted molar refractivity (Wildman–Crippen MR) is 77.2 cm³/mol. The predicted octanol–water partition coefficient (Wildman–Crippen LogP) is 2.89. The number of anilines is 1. The summed E-state index contributed by atoms with van der Waals surface area (Å²) in [7, 11) is 0. The van der Waals surface area contributed by atoms with Gasteiger partial charge in [-0.3, -0.25) is 9.21 Å². The number of carbonyl (C=O) groups excluding carboxylic acids is 1. The Labute approximate surface area is 117 Å². The SMILES string of the molecule is CSN1CCC(N2C(=O)OCc3ccccc32)CC1. The molecular weight excluding hydrogens is 260 g/mol. The van der Waals surface area contributed by atoms with Gasteiger partial charge in [-0.1, -0.05) is 30.1 Å². The van der Waals surface area contributed by atoms with Gasteiger partial charge < -0.3 is 4.74 Å². The van der Waals surface area contributed by atoms with Crippen LogP contribution in [0.25, 0.3) is 0 Å². The quantitative estimate of drug-likeness (QED) is 0.779. The molecule has 5 heteroatoms. The van der Waals surface area contributed by atoms with E-state index < -0.39 is 0 Å². The van der Waals surface area contributed by atoms with Crippen molar-refractivity contribution in [2.45, 2.75) is 25.5 Å². The number of cyclic esters (lactones) is 1. The van der Waals surface area contributed by atoms with Crippen molar-refractivity contribution in [3.8, 4) is 0 Å². The third-order valence-electron chi connectivity index (χ3n) is 3.85. The van der Waals surface area contributed by atoms with Crippen LogP contribution in [0.1, 0.15) is 18.4 Å². The number of benzene rings is 1. The lowest BCUT2D eigenvalue weighted by atomic mass is 10.0. The van der Waals surface area contributed by atoms with Crippen molar-refractivity contribution >= 4 is 23.7 Å². The second-order valence-corrected chi connectivity index (χ2v) is 5.78. The van der Waals surface area contributed by atoms with E-state index >= 15 is 0 Å². The Kier molecular flexibility index (Phi) is 3.66. The molecule has 0 bridgehead atoms. The summed E-state index contributed by atoms with van der Waals surface area (Å²) in [6.45, 7) is 2.45. The van der Waals surface area contributed by atoms with Gasteiger partial charge in [0.05, 0.1) is 5.69 Å². The Morgan fingerprint density at radius 3 is 2.74 bits per heavy atom. The first-order valence-corrected chi connectivity index (χ1v) is 7.80. The van der Waals surface area contributed by atoms with Gasteiger partial charge in [0.25, 0.3) is 0 Å². The number of hydrogen-bond donors (Lipinski definition) is 0. The van der Waals surface area contributed by atoms with Crippen LogP contribution in [0.2, 0.25) is 0 Å². The van der Waals surface area contributed by atoms with E-state index in [1.807, 2.05) is 29.2 Å². The van der Waals surface area contributed by atoms with E-state index in [0.29, 0.717) is 6.61 Å². The molecular formula is C14H18N2O2S. The van der Waals surface area contributed by atoms with Crippen molar-refractivity contribution < 1.29 is 9.53 Å². The summed E-state index contributed by atoms with van der Waals surface area (Å²) >= 11 is 1.78. The zero-order chi connectivity index (χ0) is 13.2. The molecule has 0 radical (unpaired) electrons. The molecule has 0 saturated carbocycles. The molecule has 0 atom stereocenters. The first-order valence-electron chi connectivity index (χ1n) is 6.62. The minimum Gasteiger partial charge on any atom is -0.444 e. The third kappa shape index (κ3) is 2.44. The van der Waals surface area contributed by atoms with Crippen molar-refractivity contribution in [2.24, 2.45) is 0 Å². The van der Waals surface area contributed by atoms with Crippen LogP contribution in [0.4, 0.5) is 10.5 Å². The maximum absolute atomic E-state index is 12.1. The number of rotatable bonds is 2. The molecule has 19 heavy (non-hydrogen) atoms. The van der Waals surface area contributed by atoms with E-state index in [1.54, 1.807) is 11.9 Å². The molecule has 0 spiro atoms. The number of hydrogen-bond acceptors (Lipinski definition) is 4. The highest BCUT2D eigenvalue weighted by Gasteiger charge is 2.33. The van der Waals surface area contributed by atoms with Gasteiger partial charge in [-0.05, 0) is 25.2 Å². The molecule has 0 N–H and O–H groups in total. The summed E-state index contributed by atoms with van der Waals surface area (Å²) < 4.78 is 7.64. The number of ether oxygens (including phenoxy) is 1. The average Bonchev–Trinajstić information content (AvgIpc) is 2.47. The Bertz CT molecular complexity index is 472. The lowest BCUT2D eigenvalue weighted by molar-refractivity contribution is 0.136. The van der Waals surface area contributed by atoms with Crippen LogP contribution >= 0.6 is 11.9 Å². The van der Waals surface area contributed by atoms with E-state index in [0.717, 1.165) is 37.2 Å². The third-order valence-corrected chi connectivity index (χ3v) is 4.73. The fourth-order valence-corrected chi connectivity index (χ4v) is 3.38. The number of para-hydroxylation sites is 1. The van der Waals surface area contributed by atoms with Gasteiger partial charge in [0.1, 0.15) is 6.61 Å². The number of fused-ring (bicyclic) bond motifs is 1. The van der Waals surface area contributed by atoms with Crippen molar-refractivity contribution in [1.29, 1.82) is 0 Å². The Hall–Kier alpha value is -1.20. The average molecular weight is 278 g/mol. The van der Waals surface area contributed by atoms with Crippen molar-refractivity contribution in [2.75, 3.05) is 24.2 Å². The summed E-state index contributed by atoms with van der Waals surface area (Å²) in [5.41, 5.74) is 2.13. The number of carbonyl (C=O) groups is 1. The summed E-state index contributed by atoms with van der Waals surface area (Å²) in [5.74, 6) is 0. The van der Waals surface area contributed by atoms with Gasteiger partial charge in [0.2, 0.25) is 0 Å². The Morgan fingerprint density at radius 1 is 1.26 bits per heavy atom. The molecule has 1 amide bonds. The van der Waals surface area contributed by atoms with Crippen LogP contribution in [-0.4, -0.2) is 35.8 Å². The van der Waals surface area contributed by atoms with Crippen LogP contribution in [0.3, 0.4) is 0 Å². The van der Waals surface area contributed by atoms with Crippen molar-refractivity contribution in [3.05, 3.63) is 29.8 Å². The molecule has 3 rings (SSSR count). The molecule has 4 nitrogen and oxygen atoms in total. The van der Waals surface area contributed by atoms with E-state index in [4.69, 9.17) is 4.74 Å². The molecule has 102 valence electrons. The molecule has 1 aromatic carbocycles. The summed E-state index contributed by atoms with van der Waals surface area (Å²) in [6, 6.07) is 8.30. The minimum absolute atomic E-state index is 0.193. The second kappa shape index (κ2) is 5.43. The maximum Gasteiger partial charge on any atom is 0.414 e. The van der Waals surface area contributed by atoms with Crippen LogP contribution in [0.15, 0.2) is 24.3 Å². The second-order valence-electron chi connectivity index (χ2n) is 4.90. The highest BCUT2D eigenvalue weighted by molar-refractivity contribution is 7.96. The summed E-state index contributed by atoms with van der Waals surface area (Å²) in [6.07, 6.45) is 3.92. The largest absolute Gasteiger partial charge is 0.444 e.